The third-order valence-electron chi connectivity index (χ3n) is 2.99. The Labute approximate surface area is 114 Å². The number of fused-ring (bicyclic) bond motifs is 1. The maximum Gasteiger partial charge on any atom is 0.233 e. The number of hydrogen-bond acceptors (Lipinski definition) is 7. The van der Waals surface area contributed by atoms with Gasteiger partial charge in [0.15, 0.2) is 11.5 Å². The van der Waals surface area contributed by atoms with Gasteiger partial charge in [-0.1, -0.05) is 0 Å². The van der Waals surface area contributed by atoms with Crippen molar-refractivity contribution in [2.75, 3.05) is 10.6 Å². The van der Waals surface area contributed by atoms with E-state index in [9.17, 15) is 0 Å². The van der Waals surface area contributed by atoms with Crippen LogP contribution in [0, 0.1) is 0 Å². The van der Waals surface area contributed by atoms with Gasteiger partial charge in [-0.25, -0.2) is 15.0 Å². The number of anilines is 3. The second-order valence-corrected chi connectivity index (χ2v) is 4.61. The minimum atomic E-state index is 0.430. The molecule has 3 N–H and O–H groups in total. The van der Waals surface area contributed by atoms with E-state index in [-0.39, 0.29) is 0 Å². The van der Waals surface area contributed by atoms with Crippen LogP contribution < -0.4 is 10.6 Å². The maximum absolute atomic E-state index is 4.46. The number of nitrogens with zero attached hydrogens (tertiary/aromatic N) is 5. The highest BCUT2D eigenvalue weighted by atomic mass is 15.2. The van der Waals surface area contributed by atoms with E-state index in [1.54, 1.807) is 24.8 Å². The predicted octanol–water partition coefficient (Wildman–Crippen LogP) is 1.46. The molecule has 1 saturated carbocycles. The lowest BCUT2D eigenvalue weighted by atomic mass is 10.4. The molecule has 0 atom stereocenters. The Kier molecular flexibility index (Phi) is 2.44. The summed E-state index contributed by atoms with van der Waals surface area (Å²) in [5, 5.41) is 6.35. The Morgan fingerprint density at radius 3 is 2.70 bits per heavy atom. The Hall–Kier alpha value is -2.77. The zero-order valence-corrected chi connectivity index (χ0v) is 10.5. The van der Waals surface area contributed by atoms with Gasteiger partial charge in [-0.05, 0) is 18.9 Å². The molecule has 4 rings (SSSR count). The van der Waals surface area contributed by atoms with E-state index in [0.29, 0.717) is 23.6 Å². The summed E-state index contributed by atoms with van der Waals surface area (Å²) in [6.45, 7) is 0. The first-order valence-corrected chi connectivity index (χ1v) is 6.40. The summed E-state index contributed by atoms with van der Waals surface area (Å²) < 4.78 is 0. The number of aromatic nitrogens is 6. The third kappa shape index (κ3) is 2.11. The van der Waals surface area contributed by atoms with E-state index in [4.69, 9.17) is 0 Å². The summed E-state index contributed by atoms with van der Waals surface area (Å²) in [4.78, 5) is 24.2. The fraction of sp³-hybridized carbons (Fsp3) is 0.250. The molecule has 0 aliphatic heterocycles. The lowest BCUT2D eigenvalue weighted by Crippen LogP contribution is -2.07. The summed E-state index contributed by atoms with van der Waals surface area (Å²) in [5.74, 6) is 1.65. The van der Waals surface area contributed by atoms with Gasteiger partial charge in [-0.2, -0.15) is 9.97 Å². The first-order valence-electron chi connectivity index (χ1n) is 6.40. The van der Waals surface area contributed by atoms with E-state index >= 15 is 0 Å². The largest absolute Gasteiger partial charge is 0.365 e. The van der Waals surface area contributed by atoms with Gasteiger partial charge >= 0.3 is 0 Å². The van der Waals surface area contributed by atoms with Gasteiger partial charge < -0.3 is 10.3 Å². The van der Waals surface area contributed by atoms with Crippen LogP contribution in [-0.4, -0.2) is 35.9 Å². The molecule has 0 unspecified atom stereocenters. The molecule has 20 heavy (non-hydrogen) atoms. The van der Waals surface area contributed by atoms with Crippen molar-refractivity contribution in [2.45, 2.75) is 18.9 Å². The minimum absolute atomic E-state index is 0.430. The second-order valence-electron chi connectivity index (χ2n) is 4.61. The van der Waals surface area contributed by atoms with Gasteiger partial charge in [-0.15, -0.1) is 0 Å². The van der Waals surface area contributed by atoms with Gasteiger partial charge in [-0.3, -0.25) is 5.32 Å². The van der Waals surface area contributed by atoms with Gasteiger partial charge in [0, 0.05) is 18.4 Å². The highest BCUT2D eigenvalue weighted by Gasteiger charge is 2.23. The molecule has 0 spiro atoms. The van der Waals surface area contributed by atoms with Crippen molar-refractivity contribution in [1.29, 1.82) is 0 Å². The molecule has 1 aliphatic carbocycles. The van der Waals surface area contributed by atoms with Gasteiger partial charge in [0.05, 0.1) is 6.33 Å². The van der Waals surface area contributed by atoms with Crippen LogP contribution in [0.25, 0.3) is 11.2 Å². The number of rotatable bonds is 4. The molecule has 1 fully saturated rings. The molecule has 100 valence electrons. The average molecular weight is 268 g/mol. The highest BCUT2D eigenvalue weighted by Crippen LogP contribution is 2.27. The quantitative estimate of drug-likeness (QED) is 0.658. The monoisotopic (exact) mass is 268 g/mol. The Morgan fingerprint density at radius 1 is 1.05 bits per heavy atom. The lowest BCUT2D eigenvalue weighted by molar-refractivity contribution is 1.08. The summed E-state index contributed by atoms with van der Waals surface area (Å²) in [6, 6.07) is 2.25. The molecule has 3 aromatic heterocycles. The first-order chi connectivity index (χ1) is 9.88. The van der Waals surface area contributed by atoms with Crippen LogP contribution in [0.1, 0.15) is 12.8 Å². The first kappa shape index (κ1) is 11.1. The van der Waals surface area contributed by atoms with E-state index in [2.05, 4.69) is 40.5 Å². The summed E-state index contributed by atoms with van der Waals surface area (Å²) in [5.41, 5.74) is 1.43. The molecular weight excluding hydrogens is 256 g/mol. The number of nitrogens with one attached hydrogen (secondary N) is 3. The van der Waals surface area contributed by atoms with E-state index < -0.39 is 0 Å². The predicted molar refractivity (Wildman–Crippen MR) is 73.6 cm³/mol. The molecular formula is C12H12N8. The van der Waals surface area contributed by atoms with Gasteiger partial charge in [0.25, 0.3) is 0 Å². The molecule has 3 aromatic rings. The molecule has 0 aromatic carbocycles. The number of aromatic amines is 1. The number of imidazole rings is 1. The van der Waals surface area contributed by atoms with Crippen molar-refractivity contribution < 1.29 is 0 Å². The fourth-order valence-corrected chi connectivity index (χ4v) is 1.88. The molecule has 1 aliphatic rings. The molecule has 8 nitrogen and oxygen atoms in total. The molecule has 0 amide bonds. The van der Waals surface area contributed by atoms with E-state index in [1.807, 2.05) is 0 Å². The van der Waals surface area contributed by atoms with Crippen LogP contribution in [0.3, 0.4) is 0 Å². The summed E-state index contributed by atoms with van der Waals surface area (Å²) in [6.07, 6.45) is 7.27. The molecule has 8 heteroatoms. The Morgan fingerprint density at radius 2 is 1.90 bits per heavy atom. The van der Waals surface area contributed by atoms with Crippen molar-refractivity contribution >= 4 is 28.9 Å². The van der Waals surface area contributed by atoms with Crippen molar-refractivity contribution in [2.24, 2.45) is 0 Å². The third-order valence-corrected chi connectivity index (χ3v) is 2.99. The number of H-pyrrole nitrogens is 1. The zero-order valence-electron chi connectivity index (χ0n) is 10.5. The second kappa shape index (κ2) is 4.41. The topological polar surface area (TPSA) is 104 Å². The Balaban J connectivity index is 1.71. The molecule has 3 heterocycles. The molecule has 0 bridgehead atoms. The molecule has 0 radical (unpaired) electrons. The van der Waals surface area contributed by atoms with Crippen molar-refractivity contribution in [3.63, 3.8) is 0 Å². The summed E-state index contributed by atoms with van der Waals surface area (Å²) >= 11 is 0. The van der Waals surface area contributed by atoms with Crippen molar-refractivity contribution in [3.8, 4) is 0 Å². The zero-order chi connectivity index (χ0) is 13.4. The van der Waals surface area contributed by atoms with Crippen molar-refractivity contribution in [3.05, 3.63) is 24.8 Å². The highest BCUT2D eigenvalue weighted by molar-refractivity contribution is 5.84. The van der Waals surface area contributed by atoms with Crippen molar-refractivity contribution in [1.82, 2.24) is 29.9 Å². The smallest absolute Gasteiger partial charge is 0.233 e. The molecule has 0 saturated heterocycles. The fourth-order valence-electron chi connectivity index (χ4n) is 1.88. The standard InChI is InChI=1S/C12H12N8/c1-4-13-11(14-5-1)20-12-18-9-8(15-6-16-9)10(19-12)17-7-2-3-7/h1,4-7H,2-3H2,(H3,13,14,15,16,17,18,19,20). The SMILES string of the molecule is c1cnc(Nc2nc(NC3CC3)c3[nH]cnc3n2)nc1. The van der Waals surface area contributed by atoms with Crippen LogP contribution >= 0.6 is 0 Å². The van der Waals surface area contributed by atoms with Crippen LogP contribution in [0.2, 0.25) is 0 Å². The van der Waals surface area contributed by atoms with E-state index in [0.717, 1.165) is 11.3 Å². The van der Waals surface area contributed by atoms with Crippen LogP contribution in [0.15, 0.2) is 24.8 Å². The average Bonchev–Trinajstić information content (AvgIpc) is 3.15. The lowest BCUT2D eigenvalue weighted by Gasteiger charge is -2.07. The van der Waals surface area contributed by atoms with Crippen LogP contribution in [0.5, 0.6) is 0 Å². The van der Waals surface area contributed by atoms with Gasteiger partial charge in [0.2, 0.25) is 11.9 Å². The van der Waals surface area contributed by atoms with Crippen LogP contribution in [-0.2, 0) is 0 Å². The minimum Gasteiger partial charge on any atom is -0.365 e. The number of hydrogen-bond donors (Lipinski definition) is 3. The Bertz CT molecular complexity index is 734. The van der Waals surface area contributed by atoms with Crippen LogP contribution in [0.4, 0.5) is 17.7 Å². The maximum atomic E-state index is 4.46. The van der Waals surface area contributed by atoms with Gasteiger partial charge in [0.1, 0.15) is 5.52 Å². The summed E-state index contributed by atoms with van der Waals surface area (Å²) in [7, 11) is 0. The normalized spacial score (nSPS) is 14.4. The van der Waals surface area contributed by atoms with E-state index in [1.165, 1.54) is 12.8 Å².